The molecule has 4 heteroatoms. The van der Waals surface area contributed by atoms with Gasteiger partial charge in [0.25, 0.3) is 0 Å². The minimum Gasteiger partial charge on any atom is -0.506 e. The normalized spacial score (nSPS) is 10.7. The van der Waals surface area contributed by atoms with Crippen molar-refractivity contribution in [3.05, 3.63) is 59.0 Å². The monoisotopic (exact) mass is 284 g/mol. The molecule has 3 aromatic rings. The van der Waals surface area contributed by atoms with E-state index in [1.54, 1.807) is 31.4 Å². The number of carbonyl (C=O) groups is 1. The molecule has 0 aliphatic rings. The van der Waals surface area contributed by atoms with Crippen LogP contribution in [0.4, 0.5) is 0 Å². The summed E-state index contributed by atoms with van der Waals surface area (Å²) in [6.07, 6.45) is 0. The number of ether oxygens (including phenoxy) is 1. The maximum Gasteiger partial charge on any atom is 0.206 e. The molecule has 0 fully saturated rings. The van der Waals surface area contributed by atoms with Gasteiger partial charge in [0, 0.05) is 15.6 Å². The highest BCUT2D eigenvalue weighted by Gasteiger charge is 2.19. The summed E-state index contributed by atoms with van der Waals surface area (Å²) >= 11 is 1.31. The minimum absolute atomic E-state index is 0.0615. The van der Waals surface area contributed by atoms with Gasteiger partial charge in [-0.2, -0.15) is 0 Å². The number of benzene rings is 2. The van der Waals surface area contributed by atoms with E-state index in [4.69, 9.17) is 4.74 Å². The van der Waals surface area contributed by atoms with Crippen molar-refractivity contribution in [3.8, 4) is 11.5 Å². The van der Waals surface area contributed by atoms with E-state index < -0.39 is 0 Å². The molecule has 0 atom stereocenters. The first-order chi connectivity index (χ1) is 9.70. The van der Waals surface area contributed by atoms with Crippen molar-refractivity contribution in [2.75, 3.05) is 7.11 Å². The van der Waals surface area contributed by atoms with Crippen LogP contribution in [0.3, 0.4) is 0 Å². The quantitative estimate of drug-likeness (QED) is 0.743. The molecule has 3 nitrogen and oxygen atoms in total. The Hall–Kier alpha value is -2.33. The predicted octanol–water partition coefficient (Wildman–Crippen LogP) is 3.85. The summed E-state index contributed by atoms with van der Waals surface area (Å²) in [5.74, 6) is 0.583. The molecule has 0 unspecified atom stereocenters. The highest BCUT2D eigenvalue weighted by molar-refractivity contribution is 7.21. The molecule has 0 spiro atoms. The van der Waals surface area contributed by atoms with Gasteiger partial charge in [-0.05, 0) is 36.4 Å². The first kappa shape index (κ1) is 12.7. The van der Waals surface area contributed by atoms with Crippen molar-refractivity contribution in [2.24, 2.45) is 0 Å². The van der Waals surface area contributed by atoms with E-state index in [0.29, 0.717) is 16.2 Å². The molecule has 0 saturated heterocycles. The topological polar surface area (TPSA) is 46.5 Å². The van der Waals surface area contributed by atoms with Crippen LogP contribution in [0.25, 0.3) is 10.1 Å². The fraction of sp³-hybridized carbons (Fsp3) is 0.0625. The summed E-state index contributed by atoms with van der Waals surface area (Å²) in [6, 6.07) is 14.3. The first-order valence-corrected chi connectivity index (χ1v) is 6.91. The number of aromatic hydroxyl groups is 1. The van der Waals surface area contributed by atoms with E-state index in [0.717, 1.165) is 10.1 Å². The van der Waals surface area contributed by atoms with Crippen LogP contribution in [0, 0.1) is 0 Å². The van der Waals surface area contributed by atoms with Gasteiger partial charge in [0.15, 0.2) is 0 Å². The highest BCUT2D eigenvalue weighted by atomic mass is 32.1. The number of carbonyl (C=O) groups excluding carboxylic acids is 1. The lowest BCUT2D eigenvalue weighted by Gasteiger charge is -2.02. The van der Waals surface area contributed by atoms with Crippen LogP contribution >= 0.6 is 11.3 Å². The fourth-order valence-corrected chi connectivity index (χ4v) is 3.12. The summed E-state index contributed by atoms with van der Waals surface area (Å²) < 4.78 is 5.97. The van der Waals surface area contributed by atoms with Crippen LogP contribution in [0.15, 0.2) is 48.5 Å². The zero-order valence-corrected chi connectivity index (χ0v) is 11.6. The lowest BCUT2D eigenvalue weighted by molar-refractivity contribution is 0.104. The molecular weight excluding hydrogens is 272 g/mol. The Balaban J connectivity index is 2.05. The molecule has 0 amide bonds. The summed E-state index contributed by atoms with van der Waals surface area (Å²) in [7, 11) is 1.58. The highest BCUT2D eigenvalue weighted by Crippen LogP contribution is 2.37. The zero-order valence-electron chi connectivity index (χ0n) is 10.8. The lowest BCUT2D eigenvalue weighted by Crippen LogP contribution is -1.98. The van der Waals surface area contributed by atoms with Gasteiger partial charge in [-0.15, -0.1) is 11.3 Å². The first-order valence-electron chi connectivity index (χ1n) is 6.10. The standard InChI is InChI=1S/C16H12O3S/c1-19-11-8-6-10(7-9-11)14(17)16-15(18)12-4-2-3-5-13(12)20-16/h2-9,18H,1H3. The number of fused-ring (bicyclic) bond motifs is 1. The van der Waals surface area contributed by atoms with Crippen LogP contribution < -0.4 is 4.74 Å². The predicted molar refractivity (Wildman–Crippen MR) is 79.9 cm³/mol. The Morgan fingerprint density at radius 1 is 1.10 bits per heavy atom. The molecule has 1 heterocycles. The third-order valence-electron chi connectivity index (χ3n) is 3.13. The van der Waals surface area contributed by atoms with Crippen molar-refractivity contribution in [1.29, 1.82) is 0 Å². The number of rotatable bonds is 3. The Morgan fingerprint density at radius 3 is 2.45 bits per heavy atom. The Kier molecular flexibility index (Phi) is 3.16. The molecular formula is C16H12O3S. The van der Waals surface area contributed by atoms with E-state index in [1.807, 2.05) is 24.3 Å². The van der Waals surface area contributed by atoms with Crippen LogP contribution in [0.1, 0.15) is 15.2 Å². The van der Waals surface area contributed by atoms with Gasteiger partial charge >= 0.3 is 0 Å². The van der Waals surface area contributed by atoms with Gasteiger partial charge in [-0.3, -0.25) is 4.79 Å². The summed E-state index contributed by atoms with van der Waals surface area (Å²) in [5.41, 5.74) is 0.535. The maximum absolute atomic E-state index is 12.4. The van der Waals surface area contributed by atoms with Crippen LogP contribution in [0.2, 0.25) is 0 Å². The molecule has 1 N–H and O–H groups in total. The summed E-state index contributed by atoms with van der Waals surface area (Å²) in [6.45, 7) is 0. The van der Waals surface area contributed by atoms with E-state index in [1.165, 1.54) is 11.3 Å². The van der Waals surface area contributed by atoms with Gasteiger partial charge in [-0.1, -0.05) is 12.1 Å². The van der Waals surface area contributed by atoms with E-state index >= 15 is 0 Å². The molecule has 2 aromatic carbocycles. The number of thiophene rings is 1. The number of hydrogen-bond acceptors (Lipinski definition) is 4. The zero-order chi connectivity index (χ0) is 14.1. The van der Waals surface area contributed by atoms with Gasteiger partial charge in [-0.25, -0.2) is 0 Å². The SMILES string of the molecule is COc1ccc(C(=O)c2sc3ccccc3c2O)cc1. The lowest BCUT2D eigenvalue weighted by atomic mass is 10.1. The summed E-state index contributed by atoms with van der Waals surface area (Å²) in [5, 5.41) is 10.9. The van der Waals surface area contributed by atoms with Crippen molar-refractivity contribution in [3.63, 3.8) is 0 Å². The average molecular weight is 284 g/mol. The second-order valence-corrected chi connectivity index (χ2v) is 5.39. The molecule has 20 heavy (non-hydrogen) atoms. The third kappa shape index (κ3) is 2.04. The fourth-order valence-electron chi connectivity index (χ4n) is 2.06. The molecule has 3 rings (SSSR count). The van der Waals surface area contributed by atoms with Crippen molar-refractivity contribution in [1.82, 2.24) is 0 Å². The van der Waals surface area contributed by atoms with Crippen molar-refractivity contribution < 1.29 is 14.6 Å². The van der Waals surface area contributed by atoms with Crippen LogP contribution in [-0.2, 0) is 0 Å². The smallest absolute Gasteiger partial charge is 0.206 e. The molecule has 0 bridgehead atoms. The van der Waals surface area contributed by atoms with Crippen LogP contribution in [0.5, 0.6) is 11.5 Å². The molecule has 0 saturated carbocycles. The molecule has 0 radical (unpaired) electrons. The van der Waals surface area contributed by atoms with Crippen LogP contribution in [-0.4, -0.2) is 18.0 Å². The second kappa shape index (κ2) is 4.98. The Bertz CT molecular complexity index is 772. The third-order valence-corrected chi connectivity index (χ3v) is 4.29. The molecule has 0 aliphatic carbocycles. The number of methoxy groups -OCH3 is 1. The largest absolute Gasteiger partial charge is 0.506 e. The Labute approximate surface area is 120 Å². The molecule has 1 aromatic heterocycles. The molecule has 100 valence electrons. The van der Waals surface area contributed by atoms with Gasteiger partial charge in [0.05, 0.1) is 7.11 Å². The summed E-state index contributed by atoms with van der Waals surface area (Å²) in [4.78, 5) is 12.8. The Morgan fingerprint density at radius 2 is 1.80 bits per heavy atom. The van der Waals surface area contributed by atoms with Gasteiger partial charge < -0.3 is 9.84 Å². The van der Waals surface area contributed by atoms with Crippen molar-refractivity contribution >= 4 is 27.2 Å². The number of hydrogen-bond donors (Lipinski definition) is 1. The molecule has 0 aliphatic heterocycles. The minimum atomic E-state index is -0.175. The van der Waals surface area contributed by atoms with E-state index in [-0.39, 0.29) is 11.5 Å². The average Bonchev–Trinajstić information content (AvgIpc) is 2.84. The maximum atomic E-state index is 12.4. The second-order valence-electron chi connectivity index (χ2n) is 4.33. The van der Waals surface area contributed by atoms with Crippen molar-refractivity contribution in [2.45, 2.75) is 0 Å². The van der Waals surface area contributed by atoms with Gasteiger partial charge in [0.1, 0.15) is 16.4 Å². The van der Waals surface area contributed by atoms with E-state index in [2.05, 4.69) is 0 Å². The van der Waals surface area contributed by atoms with E-state index in [9.17, 15) is 9.90 Å². The van der Waals surface area contributed by atoms with Gasteiger partial charge in [0.2, 0.25) is 5.78 Å². The number of ketones is 1.